The Morgan fingerprint density at radius 2 is 2.09 bits per heavy atom. The van der Waals surface area contributed by atoms with Crippen molar-refractivity contribution in [2.24, 2.45) is 5.92 Å². The van der Waals surface area contributed by atoms with Crippen LogP contribution in [0.1, 0.15) is 27.2 Å². The lowest BCUT2D eigenvalue weighted by molar-refractivity contribution is -0.169. The molecule has 1 saturated heterocycles. The van der Waals surface area contributed by atoms with Gasteiger partial charge in [-0.05, 0) is 13.8 Å². The summed E-state index contributed by atoms with van der Waals surface area (Å²) < 4.78 is 0. The van der Waals surface area contributed by atoms with Gasteiger partial charge in [-0.25, -0.2) is 4.79 Å². The second-order valence-electron chi connectivity index (χ2n) is 6.02. The van der Waals surface area contributed by atoms with E-state index in [4.69, 9.17) is 0 Å². The normalized spacial score (nSPS) is 24.2. The van der Waals surface area contributed by atoms with E-state index in [0.717, 1.165) is 0 Å². The lowest BCUT2D eigenvalue weighted by atomic mass is 9.76. The highest BCUT2D eigenvalue weighted by atomic mass is 32.2. The Bertz CT molecular complexity index is 552. The van der Waals surface area contributed by atoms with Crippen LogP contribution in [0.15, 0.2) is 10.6 Å². The number of β-lactam (4-membered cyclic amide) rings is 1. The summed E-state index contributed by atoms with van der Waals surface area (Å²) >= 11 is 1.33. The van der Waals surface area contributed by atoms with Gasteiger partial charge in [0.15, 0.2) is 0 Å². The number of aliphatic carboxylic acids is 1. The number of carboxylic acid groups (broad SMARTS) is 1. The third kappa shape index (κ3) is 2.98. The second kappa shape index (κ2) is 5.92. The van der Waals surface area contributed by atoms with Gasteiger partial charge in [-0.2, -0.15) is 0 Å². The maximum absolute atomic E-state index is 12.2. The molecule has 2 rings (SSSR count). The van der Waals surface area contributed by atoms with Gasteiger partial charge < -0.3 is 20.4 Å². The van der Waals surface area contributed by atoms with E-state index in [9.17, 15) is 24.6 Å². The predicted octanol–water partition coefficient (Wildman–Crippen LogP) is 0.153. The van der Waals surface area contributed by atoms with Crippen molar-refractivity contribution < 1.29 is 24.6 Å². The van der Waals surface area contributed by atoms with Gasteiger partial charge in [-0.15, -0.1) is 11.8 Å². The Morgan fingerprint density at radius 3 is 2.59 bits per heavy atom. The molecular weight excluding hydrogens is 308 g/mol. The molecule has 0 saturated carbocycles. The van der Waals surface area contributed by atoms with Gasteiger partial charge in [-0.1, -0.05) is 0 Å². The number of carbonyl (C=O) groups is 3. The molecule has 22 heavy (non-hydrogen) atoms. The van der Waals surface area contributed by atoms with Gasteiger partial charge in [0.25, 0.3) is 0 Å². The Kier molecular flexibility index (Phi) is 4.53. The zero-order valence-electron chi connectivity index (χ0n) is 12.8. The van der Waals surface area contributed by atoms with E-state index < -0.39 is 17.5 Å². The van der Waals surface area contributed by atoms with Gasteiger partial charge in [0.2, 0.25) is 11.8 Å². The lowest BCUT2D eigenvalue weighted by Gasteiger charge is -2.48. The van der Waals surface area contributed by atoms with Crippen LogP contribution in [0.25, 0.3) is 0 Å². The van der Waals surface area contributed by atoms with Crippen LogP contribution in [0.4, 0.5) is 0 Å². The molecule has 1 fully saturated rings. The SMILES string of the molecule is CC(=O)NCCSC1=C(C(=O)O)N2C(=O)[C@@H](C(C)(C)O)[C@H]2C1. The van der Waals surface area contributed by atoms with Crippen LogP contribution in [-0.2, 0) is 14.4 Å². The molecule has 122 valence electrons. The summed E-state index contributed by atoms with van der Waals surface area (Å²) in [6, 6.07) is -0.290. The Hall–Kier alpha value is -1.54. The highest BCUT2D eigenvalue weighted by molar-refractivity contribution is 8.03. The predicted molar refractivity (Wildman–Crippen MR) is 80.8 cm³/mol. The van der Waals surface area contributed by atoms with Gasteiger partial charge in [0.1, 0.15) is 5.70 Å². The zero-order valence-corrected chi connectivity index (χ0v) is 13.6. The van der Waals surface area contributed by atoms with Crippen LogP contribution < -0.4 is 5.32 Å². The maximum atomic E-state index is 12.2. The molecule has 0 aliphatic carbocycles. The van der Waals surface area contributed by atoms with Crippen molar-refractivity contribution in [2.75, 3.05) is 12.3 Å². The number of hydrogen-bond acceptors (Lipinski definition) is 5. The molecule has 3 N–H and O–H groups in total. The summed E-state index contributed by atoms with van der Waals surface area (Å²) in [5.41, 5.74) is -1.15. The number of rotatable bonds is 6. The standard InChI is InChI=1S/C14H20N2O5S/c1-7(17)15-4-5-22-9-6-8-10(14(2,3)21)12(18)16(8)11(9)13(19)20/h8,10,21H,4-6H2,1-3H3,(H,15,17)(H,19,20)/t8-,10+/m1/s1. The fourth-order valence-corrected chi connectivity index (χ4v) is 4.04. The van der Waals surface area contributed by atoms with Crippen LogP contribution in [0.2, 0.25) is 0 Å². The highest BCUT2D eigenvalue weighted by Gasteiger charge is 2.59. The quantitative estimate of drug-likeness (QED) is 0.473. The first-order valence-electron chi connectivity index (χ1n) is 7.03. The summed E-state index contributed by atoms with van der Waals surface area (Å²) in [6.45, 7) is 4.98. The van der Waals surface area contributed by atoms with Gasteiger partial charge in [0.05, 0.1) is 17.6 Å². The highest BCUT2D eigenvalue weighted by Crippen LogP contribution is 2.48. The average molecular weight is 328 g/mol. The van der Waals surface area contributed by atoms with Crippen molar-refractivity contribution >= 4 is 29.5 Å². The number of nitrogens with zero attached hydrogens (tertiary/aromatic N) is 1. The number of carboxylic acids is 1. The first kappa shape index (κ1) is 16.8. The summed E-state index contributed by atoms with van der Waals surface area (Å²) in [5.74, 6) is -1.65. The largest absolute Gasteiger partial charge is 0.477 e. The number of amides is 2. The van der Waals surface area contributed by atoms with Crippen LogP contribution in [-0.4, -0.2) is 56.8 Å². The van der Waals surface area contributed by atoms with E-state index in [0.29, 0.717) is 23.6 Å². The van der Waals surface area contributed by atoms with Gasteiger partial charge >= 0.3 is 5.97 Å². The Morgan fingerprint density at radius 1 is 1.45 bits per heavy atom. The van der Waals surface area contributed by atoms with Crippen molar-refractivity contribution in [3.8, 4) is 0 Å². The third-order valence-corrected chi connectivity index (χ3v) is 4.95. The molecule has 7 nitrogen and oxygen atoms in total. The molecule has 2 heterocycles. The van der Waals surface area contributed by atoms with E-state index in [1.54, 1.807) is 13.8 Å². The van der Waals surface area contributed by atoms with Crippen LogP contribution >= 0.6 is 11.8 Å². The van der Waals surface area contributed by atoms with Crippen LogP contribution in [0.3, 0.4) is 0 Å². The molecule has 2 aliphatic rings. The summed E-state index contributed by atoms with van der Waals surface area (Å²) in [7, 11) is 0. The molecule has 0 aromatic carbocycles. The average Bonchev–Trinajstić information content (AvgIpc) is 2.67. The van der Waals surface area contributed by atoms with Crippen molar-refractivity contribution in [2.45, 2.75) is 38.8 Å². The minimum absolute atomic E-state index is 0.0170. The van der Waals surface area contributed by atoms with E-state index >= 15 is 0 Å². The van der Waals surface area contributed by atoms with E-state index in [2.05, 4.69) is 5.32 Å². The fraction of sp³-hybridized carbons (Fsp3) is 0.643. The van der Waals surface area contributed by atoms with Crippen molar-refractivity contribution in [3.05, 3.63) is 10.6 Å². The van der Waals surface area contributed by atoms with Crippen LogP contribution in [0, 0.1) is 5.92 Å². The molecule has 0 aromatic heterocycles. The minimum Gasteiger partial charge on any atom is -0.477 e. The van der Waals surface area contributed by atoms with Crippen molar-refractivity contribution in [3.63, 3.8) is 0 Å². The number of nitrogens with one attached hydrogen (secondary N) is 1. The van der Waals surface area contributed by atoms with Crippen LogP contribution in [0.5, 0.6) is 0 Å². The first-order valence-corrected chi connectivity index (χ1v) is 8.02. The summed E-state index contributed by atoms with van der Waals surface area (Å²) in [5, 5.41) is 22.1. The number of carbonyl (C=O) groups excluding carboxylic acids is 2. The molecule has 2 aliphatic heterocycles. The van der Waals surface area contributed by atoms with E-state index in [1.165, 1.54) is 23.6 Å². The molecule has 0 bridgehead atoms. The first-order chi connectivity index (χ1) is 10.1. The number of thioether (sulfide) groups is 1. The fourth-order valence-electron chi connectivity index (χ4n) is 2.97. The number of aliphatic hydroxyl groups is 1. The monoisotopic (exact) mass is 328 g/mol. The van der Waals surface area contributed by atoms with Gasteiger partial charge in [0, 0.05) is 30.5 Å². The second-order valence-corrected chi connectivity index (χ2v) is 7.21. The molecule has 0 spiro atoms. The lowest BCUT2D eigenvalue weighted by Crippen LogP contribution is -2.65. The third-order valence-electron chi connectivity index (χ3n) is 3.84. The molecule has 0 unspecified atom stereocenters. The molecule has 2 atom stereocenters. The minimum atomic E-state index is -1.17. The van der Waals surface area contributed by atoms with E-state index in [1.807, 2.05) is 0 Å². The molecular formula is C14H20N2O5S. The smallest absolute Gasteiger partial charge is 0.353 e. The maximum Gasteiger partial charge on any atom is 0.353 e. The number of hydrogen-bond donors (Lipinski definition) is 3. The molecule has 0 aromatic rings. The van der Waals surface area contributed by atoms with E-state index in [-0.39, 0.29) is 23.6 Å². The number of fused-ring (bicyclic) bond motifs is 1. The Labute approximate surface area is 132 Å². The summed E-state index contributed by atoms with van der Waals surface area (Å²) in [4.78, 5) is 36.3. The van der Waals surface area contributed by atoms with Crippen molar-refractivity contribution in [1.29, 1.82) is 0 Å². The molecule has 0 radical (unpaired) electrons. The molecule has 2 amide bonds. The van der Waals surface area contributed by atoms with Gasteiger partial charge in [-0.3, -0.25) is 9.59 Å². The van der Waals surface area contributed by atoms with Crippen molar-refractivity contribution in [1.82, 2.24) is 10.2 Å². The Balaban J connectivity index is 2.08. The molecule has 8 heteroatoms. The topological polar surface area (TPSA) is 107 Å². The summed E-state index contributed by atoms with van der Waals surface area (Å²) in [6.07, 6.45) is 0.437. The zero-order chi connectivity index (χ0) is 16.7.